The third kappa shape index (κ3) is 6.13. The van der Waals surface area contributed by atoms with Gasteiger partial charge < -0.3 is 4.74 Å². The number of benzene rings is 3. The molecule has 10 heteroatoms. The molecule has 0 unspecified atom stereocenters. The molecule has 0 spiro atoms. The third-order valence-electron chi connectivity index (χ3n) is 7.68. The second-order valence-electron chi connectivity index (χ2n) is 11.5. The number of Topliss-reactive ketones (excluding diaryl/α,β-unsaturated/α-hetero) is 1. The molecule has 0 fully saturated rings. The molecule has 1 N–H and O–H groups in total. The summed E-state index contributed by atoms with van der Waals surface area (Å²) in [5, 5.41) is 3.84. The van der Waals surface area contributed by atoms with Crippen molar-refractivity contribution in [1.29, 1.82) is 0 Å². The molecule has 1 aliphatic rings. The van der Waals surface area contributed by atoms with Crippen LogP contribution >= 0.6 is 0 Å². The van der Waals surface area contributed by atoms with Crippen molar-refractivity contribution in [3.63, 3.8) is 0 Å². The molecule has 3 heterocycles. The second-order valence-corrected chi connectivity index (χ2v) is 11.5. The van der Waals surface area contributed by atoms with Crippen LogP contribution in [-0.2, 0) is 12.8 Å². The van der Waals surface area contributed by atoms with Gasteiger partial charge in [-0.1, -0.05) is 67.0 Å². The summed E-state index contributed by atoms with van der Waals surface area (Å²) in [4.78, 5) is 46.0. The number of rotatable bonds is 7. The normalized spacial score (nSPS) is 13.6. The fourth-order valence-corrected chi connectivity index (χ4v) is 5.72. The zero-order chi connectivity index (χ0) is 30.3. The summed E-state index contributed by atoms with van der Waals surface area (Å²) in [5.41, 5.74) is 5.28. The quantitative estimate of drug-likeness (QED) is 0.255. The van der Waals surface area contributed by atoms with Crippen molar-refractivity contribution in [3.8, 4) is 34.0 Å². The molecule has 0 saturated heterocycles. The minimum atomic E-state index is -0.611. The van der Waals surface area contributed by atoms with Gasteiger partial charge in [-0.05, 0) is 62.1 Å². The summed E-state index contributed by atoms with van der Waals surface area (Å²) in [6.45, 7) is 7.67. The maximum atomic E-state index is 14.1. The Morgan fingerprint density at radius 1 is 0.955 bits per heavy atom. The Balaban J connectivity index is 0.00000384. The number of aryl methyl sites for hydroxylation is 2. The average molecular weight is 601 g/mol. The SMILES string of the molecule is CCCc1nc(C)n(-c2ccc3c(c2)C(=O)CC(C)(C)O3)c(=O)c1Cc1ccc(-c2ccccc2-c2noc(=O)[nH]2)cc1.[NaH]. The fourth-order valence-electron chi connectivity index (χ4n) is 5.72. The van der Waals surface area contributed by atoms with Gasteiger partial charge in [-0.2, -0.15) is 0 Å². The van der Waals surface area contributed by atoms with Crippen molar-refractivity contribution in [2.75, 3.05) is 0 Å². The number of nitrogens with one attached hydrogen (secondary N) is 1. The Hall–Kier alpha value is -4.05. The molecular weight excluding hydrogens is 567 g/mol. The van der Waals surface area contributed by atoms with E-state index < -0.39 is 11.4 Å². The molecule has 0 amide bonds. The zero-order valence-electron chi connectivity index (χ0n) is 24.6. The van der Waals surface area contributed by atoms with E-state index >= 15 is 0 Å². The summed E-state index contributed by atoms with van der Waals surface area (Å²) in [5.74, 6) is 0.840. The van der Waals surface area contributed by atoms with Crippen molar-refractivity contribution in [1.82, 2.24) is 19.7 Å². The fraction of sp³-hybridized carbons (Fsp3) is 0.265. The van der Waals surface area contributed by atoms with E-state index in [1.54, 1.807) is 22.8 Å². The van der Waals surface area contributed by atoms with Crippen molar-refractivity contribution < 1.29 is 14.1 Å². The van der Waals surface area contributed by atoms with Gasteiger partial charge in [-0.15, -0.1) is 0 Å². The van der Waals surface area contributed by atoms with Crippen LogP contribution in [0.25, 0.3) is 28.2 Å². The average Bonchev–Trinajstić information content (AvgIpc) is 3.41. The van der Waals surface area contributed by atoms with Gasteiger partial charge in [-0.25, -0.2) is 9.78 Å². The Kier molecular flexibility index (Phi) is 8.92. The Labute approximate surface area is 276 Å². The molecule has 220 valence electrons. The number of hydrogen-bond acceptors (Lipinski definition) is 7. The number of ether oxygens (including phenoxy) is 1. The van der Waals surface area contributed by atoms with E-state index in [4.69, 9.17) is 14.2 Å². The van der Waals surface area contributed by atoms with Gasteiger partial charge in [0.15, 0.2) is 11.6 Å². The number of hydrogen-bond donors (Lipinski definition) is 1. The molecule has 3 aromatic carbocycles. The van der Waals surface area contributed by atoms with Crippen LogP contribution in [0.1, 0.15) is 66.6 Å². The van der Waals surface area contributed by atoms with Crippen LogP contribution in [0.3, 0.4) is 0 Å². The van der Waals surface area contributed by atoms with E-state index in [-0.39, 0.29) is 47.3 Å². The number of H-pyrrole nitrogens is 1. The molecule has 1 aliphatic heterocycles. The van der Waals surface area contributed by atoms with Crippen molar-refractivity contribution >= 4 is 35.3 Å². The first-order chi connectivity index (χ1) is 20.6. The number of aromatic amines is 1. The van der Waals surface area contributed by atoms with Crippen molar-refractivity contribution in [2.24, 2.45) is 0 Å². The summed E-state index contributed by atoms with van der Waals surface area (Å²) >= 11 is 0. The topological polar surface area (TPSA) is 120 Å². The molecule has 0 saturated carbocycles. The van der Waals surface area contributed by atoms with E-state index in [0.29, 0.717) is 47.1 Å². The summed E-state index contributed by atoms with van der Waals surface area (Å²) < 4.78 is 12.3. The number of aromatic nitrogens is 4. The standard InChI is InChI=1S/C34H32N4O5.Na.H/c1-5-8-28-26(17-21-11-13-22(14-12-21)24-9-6-7-10-25(24)31-36-33(41)43-37-31)32(40)38(20(2)35-28)23-15-16-30-27(18-23)29(39)19-34(3,4)42-30;;/h6-7,9-16,18H,5,8,17,19H2,1-4H3,(H,36,37,41);;. The van der Waals surface area contributed by atoms with Crippen LogP contribution in [-0.4, -0.2) is 60.6 Å². The molecule has 6 rings (SSSR count). The summed E-state index contributed by atoms with van der Waals surface area (Å²) in [7, 11) is 0. The van der Waals surface area contributed by atoms with E-state index in [0.717, 1.165) is 34.4 Å². The summed E-state index contributed by atoms with van der Waals surface area (Å²) in [6.07, 6.45) is 2.21. The number of carbonyl (C=O) groups is 1. The maximum absolute atomic E-state index is 14.1. The zero-order valence-corrected chi connectivity index (χ0v) is 24.6. The van der Waals surface area contributed by atoms with Gasteiger partial charge in [0, 0.05) is 17.5 Å². The van der Waals surface area contributed by atoms with Crippen LogP contribution in [0.15, 0.2) is 80.8 Å². The number of nitrogens with zero attached hydrogens (tertiary/aromatic N) is 3. The number of carbonyl (C=O) groups excluding carboxylic acids is 1. The second kappa shape index (κ2) is 12.5. The predicted molar refractivity (Wildman–Crippen MR) is 170 cm³/mol. The van der Waals surface area contributed by atoms with Crippen molar-refractivity contribution in [3.05, 3.63) is 116 Å². The van der Waals surface area contributed by atoms with E-state index in [1.807, 2.05) is 69.3 Å². The molecule has 5 aromatic rings. The Bertz CT molecular complexity index is 1970. The first-order valence-electron chi connectivity index (χ1n) is 14.4. The monoisotopic (exact) mass is 600 g/mol. The van der Waals surface area contributed by atoms with Gasteiger partial charge in [0.25, 0.3) is 5.56 Å². The predicted octanol–water partition coefficient (Wildman–Crippen LogP) is 5.19. The first-order valence-corrected chi connectivity index (χ1v) is 14.4. The van der Waals surface area contributed by atoms with Gasteiger partial charge in [0.2, 0.25) is 0 Å². The van der Waals surface area contributed by atoms with Crippen molar-refractivity contribution in [2.45, 2.75) is 59.0 Å². The van der Waals surface area contributed by atoms with Crippen LogP contribution in [0, 0.1) is 6.92 Å². The number of fused-ring (bicyclic) bond motifs is 1. The molecule has 0 radical (unpaired) electrons. The molecule has 0 aliphatic carbocycles. The summed E-state index contributed by atoms with van der Waals surface area (Å²) in [6, 6.07) is 20.9. The minimum absolute atomic E-state index is 0. The molecule has 0 atom stereocenters. The number of ketones is 1. The van der Waals surface area contributed by atoms with Crippen LogP contribution < -0.4 is 16.1 Å². The molecule has 2 aromatic heterocycles. The van der Waals surface area contributed by atoms with Crippen LogP contribution in [0.2, 0.25) is 0 Å². The third-order valence-corrected chi connectivity index (χ3v) is 7.68. The molecule has 9 nitrogen and oxygen atoms in total. The van der Waals surface area contributed by atoms with E-state index in [1.165, 1.54) is 0 Å². The molecule has 44 heavy (non-hydrogen) atoms. The molecular formula is C34H33N4NaO5. The Morgan fingerprint density at radius 2 is 1.68 bits per heavy atom. The van der Waals surface area contributed by atoms with Gasteiger partial charge in [0.05, 0.1) is 23.4 Å². The van der Waals surface area contributed by atoms with Gasteiger partial charge >= 0.3 is 35.3 Å². The van der Waals surface area contributed by atoms with E-state index in [2.05, 4.69) is 17.1 Å². The Morgan fingerprint density at radius 3 is 2.36 bits per heavy atom. The van der Waals surface area contributed by atoms with Crippen LogP contribution in [0.4, 0.5) is 0 Å². The molecule has 0 bridgehead atoms. The van der Waals surface area contributed by atoms with Gasteiger partial charge in [-0.3, -0.25) is 23.7 Å². The van der Waals surface area contributed by atoms with Gasteiger partial charge in [0.1, 0.15) is 17.2 Å². The first kappa shape index (κ1) is 31.4. The van der Waals surface area contributed by atoms with Crippen LogP contribution in [0.5, 0.6) is 5.75 Å². The van der Waals surface area contributed by atoms with E-state index in [9.17, 15) is 14.4 Å².